The van der Waals surface area contributed by atoms with E-state index in [0.29, 0.717) is 29.5 Å². The smallest absolute Gasteiger partial charge is 0.321 e. The number of carbonyl (C=O) groups is 2. The molecular weight excluding hydrogens is 346 g/mol. The van der Waals surface area contributed by atoms with Crippen molar-refractivity contribution in [3.05, 3.63) is 23.2 Å². The van der Waals surface area contributed by atoms with Crippen LogP contribution in [0.1, 0.15) is 19.3 Å². The summed E-state index contributed by atoms with van der Waals surface area (Å²) in [7, 11) is 1.45. The van der Waals surface area contributed by atoms with Gasteiger partial charge in [0, 0.05) is 25.9 Å². The molecule has 25 heavy (non-hydrogen) atoms. The summed E-state index contributed by atoms with van der Waals surface area (Å²) in [4.78, 5) is 25.8. The molecule has 0 saturated carbocycles. The number of urea groups is 1. The van der Waals surface area contributed by atoms with Gasteiger partial charge in [-0.2, -0.15) is 0 Å². The van der Waals surface area contributed by atoms with Crippen molar-refractivity contribution in [2.24, 2.45) is 0 Å². The Bertz CT molecular complexity index is 653. The third kappa shape index (κ3) is 4.23. The Labute approximate surface area is 151 Å². The fourth-order valence-electron chi connectivity index (χ4n) is 3.12. The van der Waals surface area contributed by atoms with E-state index >= 15 is 0 Å². The molecule has 0 radical (unpaired) electrons. The summed E-state index contributed by atoms with van der Waals surface area (Å²) in [5.74, 6) is -0.274. The molecule has 0 atom stereocenters. The summed E-state index contributed by atoms with van der Waals surface area (Å²) >= 11 is 6.16. The highest BCUT2D eigenvalue weighted by Gasteiger charge is 2.41. The second kappa shape index (κ2) is 7.59. The molecule has 7 nitrogen and oxygen atoms in total. The van der Waals surface area contributed by atoms with Gasteiger partial charge in [0.05, 0.1) is 22.9 Å². The first-order chi connectivity index (χ1) is 12.0. The average molecular weight is 368 g/mol. The summed E-state index contributed by atoms with van der Waals surface area (Å²) in [6, 6.07) is 4.74. The maximum absolute atomic E-state index is 12.5. The lowest BCUT2D eigenvalue weighted by Crippen LogP contribution is -2.54. The molecule has 1 spiro atoms. The number of hydrogen-bond acceptors (Lipinski definition) is 4. The molecule has 0 aromatic heterocycles. The molecule has 2 saturated heterocycles. The monoisotopic (exact) mass is 367 g/mol. The van der Waals surface area contributed by atoms with Gasteiger partial charge in [-0.25, -0.2) is 4.79 Å². The molecule has 3 rings (SSSR count). The van der Waals surface area contributed by atoms with E-state index in [1.807, 2.05) is 0 Å². The topological polar surface area (TPSA) is 79.9 Å². The van der Waals surface area contributed by atoms with E-state index in [1.165, 1.54) is 7.11 Å². The Balaban J connectivity index is 1.59. The fraction of sp³-hybridized carbons (Fsp3) is 0.529. The quantitative estimate of drug-likeness (QED) is 0.857. The lowest BCUT2D eigenvalue weighted by Gasteiger charge is -2.47. The molecule has 3 amide bonds. The molecular formula is C17H22ClN3O4. The van der Waals surface area contributed by atoms with Crippen LogP contribution in [0.25, 0.3) is 0 Å². The number of likely N-dealkylation sites (tertiary alicyclic amines) is 1. The number of carbonyl (C=O) groups excluding carboxylic acids is 2. The van der Waals surface area contributed by atoms with Crippen molar-refractivity contribution in [2.45, 2.75) is 24.9 Å². The van der Waals surface area contributed by atoms with Crippen LogP contribution in [0.5, 0.6) is 0 Å². The summed E-state index contributed by atoms with van der Waals surface area (Å²) in [6.45, 7) is 2.10. The SMILES string of the molecule is COCC(=O)Nc1ccc(Cl)c(NC(=O)N2CCC3(CCO3)CC2)c1. The molecule has 2 aliphatic heterocycles. The van der Waals surface area contributed by atoms with E-state index < -0.39 is 0 Å². The Hall–Kier alpha value is -1.83. The zero-order valence-corrected chi connectivity index (χ0v) is 14.9. The molecule has 2 fully saturated rings. The van der Waals surface area contributed by atoms with Gasteiger partial charge >= 0.3 is 6.03 Å². The van der Waals surface area contributed by atoms with Gasteiger partial charge in [-0.1, -0.05) is 11.6 Å². The van der Waals surface area contributed by atoms with Crippen molar-refractivity contribution in [3.8, 4) is 0 Å². The maximum atomic E-state index is 12.5. The number of nitrogens with zero attached hydrogens (tertiary/aromatic N) is 1. The molecule has 1 aromatic rings. The third-order valence-electron chi connectivity index (χ3n) is 4.69. The number of nitrogens with one attached hydrogen (secondary N) is 2. The number of amides is 3. The van der Waals surface area contributed by atoms with E-state index in [0.717, 1.165) is 25.9 Å². The fourth-order valence-corrected chi connectivity index (χ4v) is 3.29. The van der Waals surface area contributed by atoms with Gasteiger partial charge in [-0.15, -0.1) is 0 Å². The van der Waals surface area contributed by atoms with E-state index in [-0.39, 0.29) is 24.1 Å². The Morgan fingerprint density at radius 2 is 2.00 bits per heavy atom. The van der Waals surface area contributed by atoms with Gasteiger partial charge in [-0.05, 0) is 37.5 Å². The van der Waals surface area contributed by atoms with Crippen molar-refractivity contribution >= 4 is 34.9 Å². The molecule has 2 aliphatic rings. The normalized spacial score (nSPS) is 18.6. The summed E-state index contributed by atoms with van der Waals surface area (Å²) in [5, 5.41) is 5.92. The largest absolute Gasteiger partial charge is 0.375 e. The van der Waals surface area contributed by atoms with Crippen molar-refractivity contribution < 1.29 is 19.1 Å². The predicted octanol–water partition coefficient (Wildman–Crippen LogP) is 2.71. The average Bonchev–Trinajstić information content (AvgIpc) is 2.57. The van der Waals surface area contributed by atoms with Crippen LogP contribution in [0, 0.1) is 0 Å². The number of piperidine rings is 1. The second-order valence-electron chi connectivity index (χ2n) is 6.37. The number of methoxy groups -OCH3 is 1. The van der Waals surface area contributed by atoms with Crippen molar-refractivity contribution in [1.82, 2.24) is 4.90 Å². The highest BCUT2D eigenvalue weighted by molar-refractivity contribution is 6.33. The highest BCUT2D eigenvalue weighted by Crippen LogP contribution is 2.37. The van der Waals surface area contributed by atoms with E-state index in [4.69, 9.17) is 21.1 Å². The minimum absolute atomic E-state index is 0.0000280. The van der Waals surface area contributed by atoms with E-state index in [1.54, 1.807) is 23.1 Å². The first-order valence-electron chi connectivity index (χ1n) is 8.30. The van der Waals surface area contributed by atoms with Crippen LogP contribution in [-0.2, 0) is 14.3 Å². The summed E-state index contributed by atoms with van der Waals surface area (Å²) in [6.07, 6.45) is 2.81. The number of benzene rings is 1. The van der Waals surface area contributed by atoms with Gasteiger partial charge in [-0.3, -0.25) is 4.79 Å². The second-order valence-corrected chi connectivity index (χ2v) is 6.78. The maximum Gasteiger partial charge on any atom is 0.321 e. The summed E-state index contributed by atoms with van der Waals surface area (Å²) in [5.41, 5.74) is 1.00. The van der Waals surface area contributed by atoms with Crippen LogP contribution in [0.4, 0.5) is 16.2 Å². The number of hydrogen-bond donors (Lipinski definition) is 2. The molecule has 2 heterocycles. The van der Waals surface area contributed by atoms with Gasteiger partial charge in [0.25, 0.3) is 0 Å². The third-order valence-corrected chi connectivity index (χ3v) is 5.02. The Kier molecular flexibility index (Phi) is 5.46. The number of rotatable bonds is 4. The molecule has 0 aliphatic carbocycles. The Morgan fingerprint density at radius 1 is 1.28 bits per heavy atom. The lowest BCUT2D eigenvalue weighted by molar-refractivity contribution is -0.168. The van der Waals surface area contributed by atoms with E-state index in [2.05, 4.69) is 10.6 Å². The van der Waals surface area contributed by atoms with Gasteiger partial charge in [0.2, 0.25) is 5.91 Å². The first kappa shape index (κ1) is 18.0. The zero-order valence-electron chi connectivity index (χ0n) is 14.1. The number of anilines is 2. The van der Waals surface area contributed by atoms with Crippen molar-refractivity contribution in [3.63, 3.8) is 0 Å². The predicted molar refractivity (Wildman–Crippen MR) is 95.1 cm³/mol. The number of ether oxygens (including phenoxy) is 2. The van der Waals surface area contributed by atoms with Crippen molar-refractivity contribution in [2.75, 3.05) is 44.0 Å². The minimum atomic E-state index is -0.274. The zero-order chi connectivity index (χ0) is 17.9. The van der Waals surface area contributed by atoms with Crippen LogP contribution in [0.2, 0.25) is 5.02 Å². The lowest BCUT2D eigenvalue weighted by atomic mass is 9.84. The van der Waals surface area contributed by atoms with Gasteiger partial charge < -0.3 is 25.0 Å². The Morgan fingerprint density at radius 3 is 2.60 bits per heavy atom. The molecule has 8 heteroatoms. The van der Waals surface area contributed by atoms with Gasteiger partial charge in [0.1, 0.15) is 6.61 Å². The molecule has 2 N–H and O–H groups in total. The van der Waals surface area contributed by atoms with Crippen LogP contribution >= 0.6 is 11.6 Å². The van der Waals surface area contributed by atoms with E-state index in [9.17, 15) is 9.59 Å². The van der Waals surface area contributed by atoms with Crippen molar-refractivity contribution in [1.29, 1.82) is 0 Å². The highest BCUT2D eigenvalue weighted by atomic mass is 35.5. The van der Waals surface area contributed by atoms with Crippen LogP contribution < -0.4 is 10.6 Å². The molecule has 1 aromatic carbocycles. The number of halogens is 1. The minimum Gasteiger partial charge on any atom is -0.375 e. The van der Waals surface area contributed by atoms with Crippen LogP contribution in [0.3, 0.4) is 0 Å². The standard InChI is InChI=1S/C17H22ClN3O4/c1-24-11-15(22)19-12-2-3-13(18)14(10-12)20-16(23)21-7-4-17(5-8-21)6-9-25-17/h2-3,10H,4-9,11H2,1H3,(H,19,22)(H,20,23). The molecule has 0 unspecified atom stereocenters. The first-order valence-corrected chi connectivity index (χ1v) is 8.67. The van der Waals surface area contributed by atoms with Crippen LogP contribution in [-0.4, -0.2) is 55.9 Å². The molecule has 136 valence electrons. The summed E-state index contributed by atoms with van der Waals surface area (Å²) < 4.78 is 10.4. The van der Waals surface area contributed by atoms with Gasteiger partial charge in [0.15, 0.2) is 0 Å². The molecule has 0 bridgehead atoms. The van der Waals surface area contributed by atoms with Crippen LogP contribution in [0.15, 0.2) is 18.2 Å².